The molecule has 1 aliphatic rings. The van der Waals surface area contributed by atoms with E-state index in [1.54, 1.807) is 0 Å². The summed E-state index contributed by atoms with van der Waals surface area (Å²) in [6.45, 7) is 7.00. The Bertz CT molecular complexity index is 203. The van der Waals surface area contributed by atoms with Crippen LogP contribution in [0.25, 0.3) is 0 Å². The highest BCUT2D eigenvalue weighted by molar-refractivity contribution is 5.82. The largest absolute Gasteiger partial charge is 0.339 e. The summed E-state index contributed by atoms with van der Waals surface area (Å²) >= 11 is 0. The van der Waals surface area contributed by atoms with E-state index in [1.807, 2.05) is 18.7 Å². The highest BCUT2D eigenvalue weighted by Crippen LogP contribution is 2.18. The molecule has 0 aromatic heterocycles. The number of likely N-dealkylation sites (tertiary alicyclic amines) is 1. The summed E-state index contributed by atoms with van der Waals surface area (Å²) in [6, 6.07) is 0.0524. The van der Waals surface area contributed by atoms with Crippen molar-refractivity contribution in [1.82, 2.24) is 4.90 Å². The SMILES string of the molecule is CC(C)[C@@H](N)C(=O)N1CCCCC1C. The van der Waals surface area contributed by atoms with Gasteiger partial charge < -0.3 is 10.6 Å². The molecule has 1 saturated heterocycles. The van der Waals surface area contributed by atoms with Gasteiger partial charge in [-0.3, -0.25) is 4.79 Å². The van der Waals surface area contributed by atoms with Gasteiger partial charge in [-0.1, -0.05) is 13.8 Å². The minimum absolute atomic E-state index is 0.132. The third-order valence-electron chi connectivity index (χ3n) is 3.09. The summed E-state index contributed by atoms with van der Waals surface area (Å²) in [6.07, 6.45) is 3.49. The summed E-state index contributed by atoms with van der Waals surface area (Å²) in [4.78, 5) is 13.9. The monoisotopic (exact) mass is 198 g/mol. The molecule has 0 aromatic rings. The smallest absolute Gasteiger partial charge is 0.239 e. The van der Waals surface area contributed by atoms with E-state index in [0.717, 1.165) is 19.4 Å². The van der Waals surface area contributed by atoms with Crippen molar-refractivity contribution in [2.75, 3.05) is 6.54 Å². The number of hydrogen-bond donors (Lipinski definition) is 1. The van der Waals surface area contributed by atoms with Crippen molar-refractivity contribution in [3.8, 4) is 0 Å². The van der Waals surface area contributed by atoms with Crippen LogP contribution in [0.3, 0.4) is 0 Å². The molecule has 1 amide bonds. The number of carbonyl (C=O) groups excluding carboxylic acids is 1. The zero-order valence-corrected chi connectivity index (χ0v) is 9.49. The van der Waals surface area contributed by atoms with Crippen molar-refractivity contribution in [1.29, 1.82) is 0 Å². The van der Waals surface area contributed by atoms with Crippen LogP contribution in [0.4, 0.5) is 0 Å². The maximum atomic E-state index is 12.0. The second-order valence-corrected chi connectivity index (χ2v) is 4.65. The van der Waals surface area contributed by atoms with Crippen molar-refractivity contribution in [3.63, 3.8) is 0 Å². The summed E-state index contributed by atoms with van der Waals surface area (Å²) in [5.41, 5.74) is 5.86. The fourth-order valence-corrected chi connectivity index (χ4v) is 1.90. The standard InChI is InChI=1S/C11H22N2O/c1-8(2)10(12)11(14)13-7-5-4-6-9(13)3/h8-10H,4-7,12H2,1-3H3/t9?,10-/m1/s1. The summed E-state index contributed by atoms with van der Waals surface area (Å²) in [5, 5.41) is 0. The van der Waals surface area contributed by atoms with Gasteiger partial charge in [-0.2, -0.15) is 0 Å². The summed E-state index contributed by atoms with van der Waals surface area (Å²) in [7, 11) is 0. The van der Waals surface area contributed by atoms with E-state index in [9.17, 15) is 4.79 Å². The normalized spacial score (nSPS) is 25.2. The van der Waals surface area contributed by atoms with Crippen molar-refractivity contribution in [2.24, 2.45) is 11.7 Å². The van der Waals surface area contributed by atoms with E-state index in [0.29, 0.717) is 6.04 Å². The third-order valence-corrected chi connectivity index (χ3v) is 3.09. The Hall–Kier alpha value is -0.570. The molecule has 1 fully saturated rings. The minimum Gasteiger partial charge on any atom is -0.339 e. The average Bonchev–Trinajstić information content (AvgIpc) is 2.16. The van der Waals surface area contributed by atoms with E-state index in [-0.39, 0.29) is 17.9 Å². The van der Waals surface area contributed by atoms with E-state index in [4.69, 9.17) is 5.73 Å². The molecule has 0 saturated carbocycles. The van der Waals surface area contributed by atoms with Gasteiger partial charge in [0.1, 0.15) is 0 Å². The number of nitrogens with zero attached hydrogens (tertiary/aromatic N) is 1. The van der Waals surface area contributed by atoms with Crippen LogP contribution in [0, 0.1) is 5.92 Å². The van der Waals surface area contributed by atoms with Crippen LogP contribution in [-0.2, 0) is 4.79 Å². The fraction of sp³-hybridized carbons (Fsp3) is 0.909. The quantitative estimate of drug-likeness (QED) is 0.728. The lowest BCUT2D eigenvalue weighted by Gasteiger charge is -2.35. The van der Waals surface area contributed by atoms with E-state index in [1.165, 1.54) is 6.42 Å². The van der Waals surface area contributed by atoms with E-state index in [2.05, 4.69) is 6.92 Å². The molecule has 82 valence electrons. The zero-order valence-electron chi connectivity index (χ0n) is 9.49. The van der Waals surface area contributed by atoms with Crippen LogP contribution in [-0.4, -0.2) is 29.4 Å². The molecule has 0 radical (unpaired) electrons. The number of piperidine rings is 1. The molecular formula is C11H22N2O. The van der Waals surface area contributed by atoms with E-state index >= 15 is 0 Å². The molecule has 2 N–H and O–H groups in total. The molecule has 3 heteroatoms. The molecule has 14 heavy (non-hydrogen) atoms. The van der Waals surface area contributed by atoms with Gasteiger partial charge >= 0.3 is 0 Å². The Kier molecular flexibility index (Phi) is 3.93. The molecule has 0 spiro atoms. The Morgan fingerprint density at radius 3 is 2.57 bits per heavy atom. The number of amides is 1. The number of hydrogen-bond acceptors (Lipinski definition) is 2. The first-order valence-corrected chi connectivity index (χ1v) is 5.60. The fourth-order valence-electron chi connectivity index (χ4n) is 1.90. The van der Waals surface area contributed by atoms with Crippen LogP contribution in [0.2, 0.25) is 0 Å². The van der Waals surface area contributed by atoms with Gasteiger partial charge in [-0.15, -0.1) is 0 Å². The molecule has 1 heterocycles. The molecule has 0 bridgehead atoms. The van der Waals surface area contributed by atoms with E-state index < -0.39 is 0 Å². The van der Waals surface area contributed by atoms with Gasteiger partial charge in [0.15, 0.2) is 0 Å². The van der Waals surface area contributed by atoms with Gasteiger partial charge in [0.05, 0.1) is 6.04 Å². The van der Waals surface area contributed by atoms with Crippen LogP contribution in [0.1, 0.15) is 40.0 Å². The summed E-state index contributed by atoms with van der Waals surface area (Å²) < 4.78 is 0. The maximum absolute atomic E-state index is 12.0. The van der Waals surface area contributed by atoms with Crippen molar-refractivity contribution in [2.45, 2.75) is 52.1 Å². The van der Waals surface area contributed by atoms with Crippen LogP contribution in [0.15, 0.2) is 0 Å². The average molecular weight is 198 g/mol. The molecule has 1 rings (SSSR count). The van der Waals surface area contributed by atoms with Gasteiger partial charge in [-0.05, 0) is 32.1 Å². The van der Waals surface area contributed by atoms with Gasteiger partial charge in [0.2, 0.25) is 5.91 Å². The predicted octanol–water partition coefficient (Wildman–Crippen LogP) is 1.37. The third kappa shape index (κ3) is 2.47. The molecule has 3 nitrogen and oxygen atoms in total. The van der Waals surface area contributed by atoms with Crippen molar-refractivity contribution >= 4 is 5.91 Å². The number of nitrogens with two attached hydrogens (primary N) is 1. The number of rotatable bonds is 2. The second kappa shape index (κ2) is 4.78. The highest BCUT2D eigenvalue weighted by atomic mass is 16.2. The van der Waals surface area contributed by atoms with Crippen molar-refractivity contribution in [3.05, 3.63) is 0 Å². The topological polar surface area (TPSA) is 46.3 Å². The first kappa shape index (κ1) is 11.5. The zero-order chi connectivity index (χ0) is 10.7. The first-order chi connectivity index (χ1) is 6.54. The Balaban J connectivity index is 2.58. The lowest BCUT2D eigenvalue weighted by atomic mass is 9.99. The number of carbonyl (C=O) groups is 1. The van der Waals surface area contributed by atoms with Crippen LogP contribution >= 0.6 is 0 Å². The molecule has 2 atom stereocenters. The lowest BCUT2D eigenvalue weighted by Crippen LogP contribution is -2.51. The second-order valence-electron chi connectivity index (χ2n) is 4.65. The molecule has 0 aliphatic carbocycles. The van der Waals surface area contributed by atoms with Crippen molar-refractivity contribution < 1.29 is 4.79 Å². The predicted molar refractivity (Wildman–Crippen MR) is 57.8 cm³/mol. The Morgan fingerprint density at radius 2 is 2.07 bits per heavy atom. The highest BCUT2D eigenvalue weighted by Gasteiger charge is 2.28. The Labute approximate surface area is 86.6 Å². The molecule has 0 aromatic carbocycles. The molecular weight excluding hydrogens is 176 g/mol. The maximum Gasteiger partial charge on any atom is 0.239 e. The summed E-state index contributed by atoms with van der Waals surface area (Å²) in [5.74, 6) is 0.365. The first-order valence-electron chi connectivity index (χ1n) is 5.60. The van der Waals surface area contributed by atoms with Gasteiger partial charge in [0.25, 0.3) is 0 Å². The van der Waals surface area contributed by atoms with Gasteiger partial charge in [-0.25, -0.2) is 0 Å². The lowest BCUT2D eigenvalue weighted by molar-refractivity contribution is -0.136. The van der Waals surface area contributed by atoms with Crippen LogP contribution in [0.5, 0.6) is 0 Å². The van der Waals surface area contributed by atoms with Crippen LogP contribution < -0.4 is 5.73 Å². The minimum atomic E-state index is -0.324. The molecule has 1 unspecified atom stereocenters. The Morgan fingerprint density at radius 1 is 1.43 bits per heavy atom. The molecule has 1 aliphatic heterocycles. The van der Waals surface area contributed by atoms with Gasteiger partial charge in [0, 0.05) is 12.6 Å².